The third-order valence-electron chi connectivity index (χ3n) is 1.86. The molecule has 0 amide bonds. The highest BCUT2D eigenvalue weighted by molar-refractivity contribution is 9.10. The molecule has 0 fully saturated rings. The molecular formula is C10H13BrN2O. The summed E-state index contributed by atoms with van der Waals surface area (Å²) in [6.45, 7) is 2.29. The maximum Gasteiger partial charge on any atom is 0.133 e. The zero-order chi connectivity index (χ0) is 10.6. The van der Waals surface area contributed by atoms with Gasteiger partial charge in [-0.2, -0.15) is 0 Å². The Morgan fingerprint density at radius 1 is 1.57 bits per heavy atom. The highest BCUT2D eigenvalue weighted by atomic mass is 79.9. The van der Waals surface area contributed by atoms with Crippen molar-refractivity contribution in [3.05, 3.63) is 28.7 Å². The predicted octanol–water partition coefficient (Wildman–Crippen LogP) is 2.40. The molecule has 1 unspecified atom stereocenters. The lowest BCUT2D eigenvalue weighted by molar-refractivity contribution is 0.290. The van der Waals surface area contributed by atoms with Crippen LogP contribution in [0, 0.1) is 11.3 Å². The van der Waals surface area contributed by atoms with Crippen molar-refractivity contribution >= 4 is 21.8 Å². The highest BCUT2D eigenvalue weighted by Gasteiger charge is 2.07. The first-order chi connectivity index (χ1) is 6.61. The van der Waals surface area contributed by atoms with Gasteiger partial charge in [-0.3, -0.25) is 5.41 Å². The van der Waals surface area contributed by atoms with Crippen LogP contribution in [0.15, 0.2) is 28.7 Å². The molecule has 14 heavy (non-hydrogen) atoms. The van der Waals surface area contributed by atoms with Gasteiger partial charge in [0.2, 0.25) is 0 Å². The Labute approximate surface area is 91.9 Å². The third kappa shape index (κ3) is 3.03. The molecule has 0 aliphatic carbocycles. The van der Waals surface area contributed by atoms with E-state index < -0.39 is 0 Å². The smallest absolute Gasteiger partial charge is 0.133 e. The van der Waals surface area contributed by atoms with Crippen molar-refractivity contribution in [1.29, 1.82) is 5.41 Å². The summed E-state index contributed by atoms with van der Waals surface area (Å²) in [5, 5.41) is 7.21. The Hall–Kier alpha value is -1.03. The van der Waals surface area contributed by atoms with Crippen LogP contribution in [-0.2, 0) is 0 Å². The van der Waals surface area contributed by atoms with Gasteiger partial charge in [-0.1, -0.05) is 19.1 Å². The third-order valence-corrected chi connectivity index (χ3v) is 2.51. The summed E-state index contributed by atoms with van der Waals surface area (Å²) in [6.07, 6.45) is 0. The Bertz CT molecular complexity index is 328. The SMILES string of the molecule is CC(COc1ccccc1Br)C(=N)N. The van der Waals surface area contributed by atoms with Crippen LogP contribution in [0.5, 0.6) is 5.75 Å². The molecule has 0 saturated carbocycles. The first-order valence-electron chi connectivity index (χ1n) is 4.32. The fourth-order valence-corrected chi connectivity index (χ4v) is 1.27. The van der Waals surface area contributed by atoms with Crippen LogP contribution in [0.1, 0.15) is 6.92 Å². The van der Waals surface area contributed by atoms with Gasteiger partial charge < -0.3 is 10.5 Å². The van der Waals surface area contributed by atoms with Gasteiger partial charge >= 0.3 is 0 Å². The lowest BCUT2D eigenvalue weighted by Crippen LogP contribution is -2.25. The molecule has 0 aromatic heterocycles. The van der Waals surface area contributed by atoms with E-state index in [0.29, 0.717) is 6.61 Å². The van der Waals surface area contributed by atoms with E-state index >= 15 is 0 Å². The van der Waals surface area contributed by atoms with Crippen LogP contribution in [0.4, 0.5) is 0 Å². The second-order valence-corrected chi connectivity index (χ2v) is 3.95. The summed E-state index contributed by atoms with van der Waals surface area (Å²) >= 11 is 3.37. The zero-order valence-electron chi connectivity index (χ0n) is 7.96. The average Bonchev–Trinajstić information content (AvgIpc) is 2.16. The first kappa shape index (κ1) is 11.0. The lowest BCUT2D eigenvalue weighted by atomic mass is 10.2. The molecule has 0 saturated heterocycles. The molecule has 0 aliphatic rings. The fraction of sp³-hybridized carbons (Fsp3) is 0.300. The van der Waals surface area contributed by atoms with E-state index in [2.05, 4.69) is 15.9 Å². The minimum atomic E-state index is -0.0536. The van der Waals surface area contributed by atoms with Gasteiger partial charge in [0, 0.05) is 5.92 Å². The Morgan fingerprint density at radius 2 is 2.21 bits per heavy atom. The van der Waals surface area contributed by atoms with E-state index in [1.54, 1.807) is 0 Å². The van der Waals surface area contributed by atoms with Crippen LogP contribution in [0.25, 0.3) is 0 Å². The van der Waals surface area contributed by atoms with E-state index in [-0.39, 0.29) is 11.8 Å². The van der Waals surface area contributed by atoms with Crippen molar-refractivity contribution in [3.8, 4) is 5.75 Å². The molecular weight excluding hydrogens is 244 g/mol. The highest BCUT2D eigenvalue weighted by Crippen LogP contribution is 2.24. The van der Waals surface area contributed by atoms with E-state index in [0.717, 1.165) is 10.2 Å². The number of hydrogen-bond donors (Lipinski definition) is 2. The standard InChI is InChI=1S/C10H13BrN2O/c1-7(10(12)13)6-14-9-5-3-2-4-8(9)11/h2-5,7H,6H2,1H3,(H3,12,13). The molecule has 0 aliphatic heterocycles. The van der Waals surface area contributed by atoms with Gasteiger partial charge in [-0.05, 0) is 28.1 Å². The van der Waals surface area contributed by atoms with Gasteiger partial charge in [-0.25, -0.2) is 0 Å². The van der Waals surface area contributed by atoms with E-state index in [1.165, 1.54) is 0 Å². The van der Waals surface area contributed by atoms with Crippen LogP contribution in [0.3, 0.4) is 0 Å². The topological polar surface area (TPSA) is 59.1 Å². The number of nitrogens with one attached hydrogen (secondary N) is 1. The van der Waals surface area contributed by atoms with Crippen LogP contribution in [0.2, 0.25) is 0 Å². The number of nitrogens with two attached hydrogens (primary N) is 1. The quantitative estimate of drug-likeness (QED) is 0.642. The second-order valence-electron chi connectivity index (χ2n) is 3.10. The van der Waals surface area contributed by atoms with Crippen molar-refractivity contribution in [3.63, 3.8) is 0 Å². The molecule has 4 heteroatoms. The van der Waals surface area contributed by atoms with Gasteiger partial charge in [0.15, 0.2) is 0 Å². The molecule has 0 spiro atoms. The largest absolute Gasteiger partial charge is 0.492 e. The predicted molar refractivity (Wildman–Crippen MR) is 60.7 cm³/mol. The first-order valence-corrected chi connectivity index (χ1v) is 5.12. The normalized spacial score (nSPS) is 12.1. The molecule has 1 aromatic rings. The fourth-order valence-electron chi connectivity index (χ4n) is 0.866. The summed E-state index contributed by atoms with van der Waals surface area (Å²) < 4.78 is 6.40. The van der Waals surface area contributed by atoms with Gasteiger partial charge in [0.25, 0.3) is 0 Å². The number of ether oxygens (including phenoxy) is 1. The Morgan fingerprint density at radius 3 is 2.79 bits per heavy atom. The molecule has 0 bridgehead atoms. The maximum absolute atomic E-state index is 7.21. The Balaban J connectivity index is 2.54. The number of amidine groups is 1. The Kier molecular flexibility index (Phi) is 3.95. The summed E-state index contributed by atoms with van der Waals surface area (Å²) in [7, 11) is 0. The summed E-state index contributed by atoms with van der Waals surface area (Å²) in [4.78, 5) is 0. The zero-order valence-corrected chi connectivity index (χ0v) is 9.54. The molecule has 1 rings (SSSR count). The summed E-state index contributed by atoms with van der Waals surface area (Å²) in [5.41, 5.74) is 5.33. The maximum atomic E-state index is 7.21. The molecule has 3 nitrogen and oxygen atoms in total. The molecule has 76 valence electrons. The van der Waals surface area contributed by atoms with Crippen molar-refractivity contribution < 1.29 is 4.74 Å². The molecule has 0 radical (unpaired) electrons. The molecule has 1 atom stereocenters. The van der Waals surface area contributed by atoms with Crippen LogP contribution >= 0.6 is 15.9 Å². The number of hydrogen-bond acceptors (Lipinski definition) is 2. The van der Waals surface area contributed by atoms with E-state index in [9.17, 15) is 0 Å². The van der Waals surface area contributed by atoms with E-state index in [1.807, 2.05) is 31.2 Å². The number of rotatable bonds is 4. The minimum absolute atomic E-state index is 0.0536. The average molecular weight is 257 g/mol. The molecule has 1 aromatic carbocycles. The van der Waals surface area contributed by atoms with Crippen molar-refractivity contribution in [2.75, 3.05) is 6.61 Å². The van der Waals surface area contributed by atoms with Gasteiger partial charge in [0.1, 0.15) is 5.75 Å². The second kappa shape index (κ2) is 5.00. The number of para-hydroxylation sites is 1. The van der Waals surface area contributed by atoms with E-state index in [4.69, 9.17) is 15.9 Å². The van der Waals surface area contributed by atoms with Crippen molar-refractivity contribution in [1.82, 2.24) is 0 Å². The lowest BCUT2D eigenvalue weighted by Gasteiger charge is -2.12. The number of halogens is 1. The molecule has 3 N–H and O–H groups in total. The molecule has 0 heterocycles. The number of benzene rings is 1. The van der Waals surface area contributed by atoms with Gasteiger partial charge in [0.05, 0.1) is 16.9 Å². The summed E-state index contributed by atoms with van der Waals surface area (Å²) in [6, 6.07) is 7.61. The van der Waals surface area contributed by atoms with Crippen LogP contribution in [-0.4, -0.2) is 12.4 Å². The van der Waals surface area contributed by atoms with Crippen LogP contribution < -0.4 is 10.5 Å². The van der Waals surface area contributed by atoms with Crippen molar-refractivity contribution in [2.45, 2.75) is 6.92 Å². The van der Waals surface area contributed by atoms with Crippen molar-refractivity contribution in [2.24, 2.45) is 11.7 Å². The minimum Gasteiger partial charge on any atom is -0.492 e. The van der Waals surface area contributed by atoms with Gasteiger partial charge in [-0.15, -0.1) is 0 Å². The summed E-state index contributed by atoms with van der Waals surface area (Å²) in [5.74, 6) is 0.875. The monoisotopic (exact) mass is 256 g/mol.